The highest BCUT2D eigenvalue weighted by Crippen LogP contribution is 2.28. The summed E-state index contributed by atoms with van der Waals surface area (Å²) in [5.41, 5.74) is 1.93. The zero-order valence-corrected chi connectivity index (χ0v) is 15.6. The minimum atomic E-state index is 0.133. The maximum Gasteiger partial charge on any atom is 0.253 e. The van der Waals surface area contributed by atoms with Crippen LogP contribution >= 0.6 is 0 Å². The van der Waals surface area contributed by atoms with Crippen molar-refractivity contribution >= 4 is 5.91 Å². The molecule has 0 spiro atoms. The Labute approximate surface area is 155 Å². The molecular formula is C21H28N4O. The highest BCUT2D eigenvalue weighted by molar-refractivity contribution is 5.94. The highest BCUT2D eigenvalue weighted by Gasteiger charge is 2.33. The summed E-state index contributed by atoms with van der Waals surface area (Å²) in [7, 11) is 1.96. The molecule has 0 radical (unpaired) electrons. The number of amides is 1. The number of hydrogen-bond acceptors (Lipinski definition) is 3. The molecule has 138 valence electrons. The Morgan fingerprint density at radius 3 is 2.65 bits per heavy atom. The molecule has 2 heterocycles. The summed E-state index contributed by atoms with van der Waals surface area (Å²) in [5.74, 6) is 0.133. The lowest BCUT2D eigenvalue weighted by atomic mass is 10.1. The summed E-state index contributed by atoms with van der Waals surface area (Å²) >= 11 is 0. The van der Waals surface area contributed by atoms with Gasteiger partial charge in [-0.05, 0) is 43.0 Å². The Balaban J connectivity index is 1.36. The Bertz CT molecular complexity index is 719. The number of likely N-dealkylation sites (N-methyl/N-ethyl adjacent to an activating group) is 1. The van der Waals surface area contributed by atoms with Gasteiger partial charge in [-0.25, -0.2) is 0 Å². The van der Waals surface area contributed by atoms with Crippen molar-refractivity contribution in [3.05, 3.63) is 53.9 Å². The van der Waals surface area contributed by atoms with Crippen molar-refractivity contribution in [2.24, 2.45) is 0 Å². The van der Waals surface area contributed by atoms with Crippen molar-refractivity contribution in [1.29, 1.82) is 0 Å². The number of rotatable bonds is 5. The number of benzene rings is 1. The quantitative estimate of drug-likeness (QED) is 0.831. The number of carbonyl (C=O) groups is 1. The van der Waals surface area contributed by atoms with Gasteiger partial charge in [0.25, 0.3) is 5.91 Å². The minimum absolute atomic E-state index is 0.133. The summed E-state index contributed by atoms with van der Waals surface area (Å²) in [6, 6.07) is 11.0. The Morgan fingerprint density at radius 1 is 1.19 bits per heavy atom. The van der Waals surface area contributed by atoms with Crippen molar-refractivity contribution in [1.82, 2.24) is 19.6 Å². The van der Waals surface area contributed by atoms with E-state index in [4.69, 9.17) is 0 Å². The molecule has 2 aromatic rings. The second-order valence-corrected chi connectivity index (χ2v) is 7.69. The van der Waals surface area contributed by atoms with E-state index in [-0.39, 0.29) is 5.91 Å². The van der Waals surface area contributed by atoms with Gasteiger partial charge in [0.1, 0.15) is 0 Å². The lowest BCUT2D eigenvalue weighted by Crippen LogP contribution is -2.40. The standard InChI is InChI=1S/C21H28N4O/c1-23(20-11-14-24(16-20)19-5-2-3-6-19)21(26)18-9-7-17(8-10-18)15-25-13-4-12-22-25/h4,7-10,12-13,19-20H,2-3,5-6,11,14-16H2,1H3/t20-/m1/s1. The number of nitrogens with zero attached hydrogens (tertiary/aromatic N) is 4. The Morgan fingerprint density at radius 2 is 1.96 bits per heavy atom. The molecule has 4 rings (SSSR count). The molecular weight excluding hydrogens is 324 g/mol. The van der Waals surface area contributed by atoms with Crippen LogP contribution in [-0.4, -0.2) is 57.7 Å². The Kier molecular flexibility index (Phi) is 5.07. The fourth-order valence-electron chi connectivity index (χ4n) is 4.39. The number of likely N-dealkylation sites (tertiary alicyclic amines) is 1. The third-order valence-corrected chi connectivity index (χ3v) is 6.01. The molecule has 2 fully saturated rings. The summed E-state index contributed by atoms with van der Waals surface area (Å²) in [5, 5.41) is 4.23. The first-order valence-electron chi connectivity index (χ1n) is 9.78. The molecule has 1 amide bonds. The predicted molar refractivity (Wildman–Crippen MR) is 102 cm³/mol. The maximum absolute atomic E-state index is 12.9. The molecule has 26 heavy (non-hydrogen) atoms. The fourth-order valence-corrected chi connectivity index (χ4v) is 4.39. The summed E-state index contributed by atoms with van der Waals surface area (Å²) in [6.45, 7) is 2.90. The van der Waals surface area contributed by atoms with E-state index in [9.17, 15) is 4.79 Å². The van der Waals surface area contributed by atoms with E-state index in [0.29, 0.717) is 6.04 Å². The molecule has 1 aliphatic heterocycles. The van der Waals surface area contributed by atoms with E-state index in [0.717, 1.165) is 43.2 Å². The second kappa shape index (κ2) is 7.62. The van der Waals surface area contributed by atoms with E-state index in [1.165, 1.54) is 25.7 Å². The van der Waals surface area contributed by atoms with Crippen molar-refractivity contribution in [3.63, 3.8) is 0 Å². The summed E-state index contributed by atoms with van der Waals surface area (Å²) < 4.78 is 1.89. The van der Waals surface area contributed by atoms with Gasteiger partial charge in [0.05, 0.1) is 6.54 Å². The van der Waals surface area contributed by atoms with Crippen LogP contribution in [0.4, 0.5) is 0 Å². The van der Waals surface area contributed by atoms with Gasteiger partial charge in [-0.2, -0.15) is 5.10 Å². The van der Waals surface area contributed by atoms with Gasteiger partial charge >= 0.3 is 0 Å². The fraction of sp³-hybridized carbons (Fsp3) is 0.524. The molecule has 1 saturated heterocycles. The van der Waals surface area contributed by atoms with Crippen LogP contribution in [-0.2, 0) is 6.54 Å². The SMILES string of the molecule is CN(C(=O)c1ccc(Cn2cccn2)cc1)[C@@H]1CCN(C2CCCC2)C1. The molecule has 0 N–H and O–H groups in total. The van der Waals surface area contributed by atoms with Crippen LogP contribution in [0.2, 0.25) is 0 Å². The van der Waals surface area contributed by atoms with Gasteiger partial charge in [0.2, 0.25) is 0 Å². The molecule has 0 bridgehead atoms. The van der Waals surface area contributed by atoms with Crippen LogP contribution < -0.4 is 0 Å². The van der Waals surface area contributed by atoms with E-state index in [1.54, 1.807) is 6.20 Å². The van der Waals surface area contributed by atoms with Gasteiger partial charge in [0, 0.05) is 50.2 Å². The van der Waals surface area contributed by atoms with Gasteiger partial charge in [-0.1, -0.05) is 25.0 Å². The zero-order chi connectivity index (χ0) is 17.9. The average Bonchev–Trinajstić information content (AvgIpc) is 3.42. The largest absolute Gasteiger partial charge is 0.337 e. The maximum atomic E-state index is 12.9. The third kappa shape index (κ3) is 3.68. The normalized spacial score (nSPS) is 21.3. The van der Waals surface area contributed by atoms with Crippen LogP contribution in [0.1, 0.15) is 48.0 Å². The molecule has 1 aromatic heterocycles. The summed E-state index contributed by atoms with van der Waals surface area (Å²) in [4.78, 5) is 17.4. The second-order valence-electron chi connectivity index (χ2n) is 7.69. The summed E-state index contributed by atoms with van der Waals surface area (Å²) in [6.07, 6.45) is 10.2. The van der Waals surface area contributed by atoms with Gasteiger partial charge in [-0.3, -0.25) is 14.4 Å². The van der Waals surface area contributed by atoms with Crippen LogP contribution in [0.3, 0.4) is 0 Å². The van der Waals surface area contributed by atoms with Gasteiger partial charge < -0.3 is 4.90 Å². The lowest BCUT2D eigenvalue weighted by molar-refractivity contribution is 0.0730. The monoisotopic (exact) mass is 352 g/mol. The molecule has 2 aliphatic rings. The smallest absolute Gasteiger partial charge is 0.253 e. The minimum Gasteiger partial charge on any atom is -0.337 e. The van der Waals surface area contributed by atoms with Crippen molar-refractivity contribution in [2.75, 3.05) is 20.1 Å². The van der Waals surface area contributed by atoms with Gasteiger partial charge in [0.15, 0.2) is 0 Å². The Hall–Kier alpha value is -2.14. The average molecular weight is 352 g/mol. The van der Waals surface area contributed by atoms with E-state index in [1.807, 2.05) is 53.2 Å². The third-order valence-electron chi connectivity index (χ3n) is 6.01. The first kappa shape index (κ1) is 17.3. The van der Waals surface area contributed by atoms with E-state index in [2.05, 4.69) is 10.00 Å². The lowest BCUT2D eigenvalue weighted by Gasteiger charge is -2.27. The molecule has 1 aliphatic carbocycles. The highest BCUT2D eigenvalue weighted by atomic mass is 16.2. The van der Waals surface area contributed by atoms with Crippen LogP contribution in [0.5, 0.6) is 0 Å². The van der Waals surface area contributed by atoms with Crippen LogP contribution in [0, 0.1) is 0 Å². The number of hydrogen-bond donors (Lipinski definition) is 0. The predicted octanol–water partition coefficient (Wildman–Crippen LogP) is 3.02. The topological polar surface area (TPSA) is 41.4 Å². The first-order valence-corrected chi connectivity index (χ1v) is 9.78. The first-order chi connectivity index (χ1) is 12.7. The molecule has 5 nitrogen and oxygen atoms in total. The molecule has 1 aromatic carbocycles. The van der Waals surface area contributed by atoms with Crippen molar-refractivity contribution in [2.45, 2.75) is 50.7 Å². The molecule has 5 heteroatoms. The van der Waals surface area contributed by atoms with Crippen molar-refractivity contribution < 1.29 is 4.79 Å². The number of aromatic nitrogens is 2. The number of carbonyl (C=O) groups excluding carboxylic acids is 1. The zero-order valence-electron chi connectivity index (χ0n) is 15.6. The van der Waals surface area contributed by atoms with Crippen LogP contribution in [0.15, 0.2) is 42.7 Å². The van der Waals surface area contributed by atoms with Crippen molar-refractivity contribution in [3.8, 4) is 0 Å². The van der Waals surface area contributed by atoms with Gasteiger partial charge in [-0.15, -0.1) is 0 Å². The molecule has 1 saturated carbocycles. The molecule has 1 atom stereocenters. The van der Waals surface area contributed by atoms with Crippen LogP contribution in [0.25, 0.3) is 0 Å². The van der Waals surface area contributed by atoms with E-state index >= 15 is 0 Å². The molecule has 0 unspecified atom stereocenters. The van der Waals surface area contributed by atoms with E-state index < -0.39 is 0 Å².